The Morgan fingerprint density at radius 2 is 1.72 bits per heavy atom. The molecule has 96 valence electrons. The van der Waals surface area contributed by atoms with Crippen molar-refractivity contribution in [1.82, 2.24) is 4.98 Å². The Kier molecular flexibility index (Phi) is 3.41. The molecule has 0 atom stereocenters. The van der Waals surface area contributed by atoms with Gasteiger partial charge in [0.2, 0.25) is 11.6 Å². The summed E-state index contributed by atoms with van der Waals surface area (Å²) in [6, 6.07) is 3.61. The predicted octanol–water partition coefficient (Wildman–Crippen LogP) is 2.68. The summed E-state index contributed by atoms with van der Waals surface area (Å²) in [5, 5.41) is 0. The van der Waals surface area contributed by atoms with Gasteiger partial charge in [-0.1, -0.05) is 0 Å². The summed E-state index contributed by atoms with van der Waals surface area (Å²) < 4.78 is 21.4. The minimum Gasteiger partial charge on any atom is -0.493 e. The van der Waals surface area contributed by atoms with Gasteiger partial charge in [-0.25, -0.2) is 4.98 Å². The van der Waals surface area contributed by atoms with Gasteiger partial charge in [0.25, 0.3) is 0 Å². The molecule has 0 aliphatic heterocycles. The average molecular weight is 249 g/mol. The van der Waals surface area contributed by atoms with Gasteiger partial charge < -0.3 is 18.6 Å². The van der Waals surface area contributed by atoms with Crippen LogP contribution in [0.15, 0.2) is 22.7 Å². The van der Waals surface area contributed by atoms with Crippen LogP contribution in [0.4, 0.5) is 0 Å². The molecule has 2 aromatic rings. The van der Waals surface area contributed by atoms with Crippen molar-refractivity contribution in [2.45, 2.75) is 6.92 Å². The maximum absolute atomic E-state index is 5.50. The van der Waals surface area contributed by atoms with Crippen LogP contribution in [0.25, 0.3) is 11.5 Å². The van der Waals surface area contributed by atoms with E-state index in [0.29, 0.717) is 23.1 Å². The smallest absolute Gasteiger partial charge is 0.230 e. The first-order valence-electron chi connectivity index (χ1n) is 5.43. The lowest BCUT2D eigenvalue weighted by molar-refractivity contribution is 0.324. The second kappa shape index (κ2) is 5.00. The number of aromatic nitrogens is 1. The molecule has 0 bridgehead atoms. The maximum atomic E-state index is 5.50. The third-order valence-corrected chi connectivity index (χ3v) is 2.56. The van der Waals surface area contributed by atoms with Gasteiger partial charge in [0.05, 0.1) is 33.1 Å². The van der Waals surface area contributed by atoms with E-state index < -0.39 is 0 Å². The van der Waals surface area contributed by atoms with Gasteiger partial charge in [-0.2, -0.15) is 0 Å². The van der Waals surface area contributed by atoms with Crippen LogP contribution >= 0.6 is 0 Å². The van der Waals surface area contributed by atoms with Crippen molar-refractivity contribution in [3.63, 3.8) is 0 Å². The van der Waals surface area contributed by atoms with Crippen molar-refractivity contribution in [2.24, 2.45) is 0 Å². The molecule has 0 aliphatic rings. The zero-order chi connectivity index (χ0) is 13.1. The van der Waals surface area contributed by atoms with E-state index in [4.69, 9.17) is 18.6 Å². The topological polar surface area (TPSA) is 53.7 Å². The minimum atomic E-state index is 0.491. The van der Waals surface area contributed by atoms with Gasteiger partial charge >= 0.3 is 0 Å². The first-order chi connectivity index (χ1) is 8.71. The van der Waals surface area contributed by atoms with Crippen LogP contribution in [0.2, 0.25) is 0 Å². The summed E-state index contributed by atoms with van der Waals surface area (Å²) in [6.45, 7) is 1.84. The minimum absolute atomic E-state index is 0.491. The zero-order valence-electron chi connectivity index (χ0n) is 10.8. The second-order valence-electron chi connectivity index (χ2n) is 3.66. The number of benzene rings is 1. The number of methoxy groups -OCH3 is 3. The molecule has 0 saturated carbocycles. The first-order valence-corrected chi connectivity index (χ1v) is 5.43. The van der Waals surface area contributed by atoms with E-state index in [2.05, 4.69) is 4.98 Å². The number of hydrogen-bond donors (Lipinski definition) is 0. The van der Waals surface area contributed by atoms with E-state index >= 15 is 0 Å². The molecule has 2 rings (SSSR count). The molecule has 0 N–H and O–H groups in total. The molecule has 5 nitrogen and oxygen atoms in total. The highest BCUT2D eigenvalue weighted by molar-refractivity contribution is 5.71. The number of nitrogens with zero attached hydrogens (tertiary/aromatic N) is 1. The SMILES string of the molecule is COc1ccc(-c2ncc(C)o2)c(OC)c1OC. The number of hydrogen-bond acceptors (Lipinski definition) is 5. The average Bonchev–Trinajstić information content (AvgIpc) is 2.83. The van der Waals surface area contributed by atoms with Crippen molar-refractivity contribution < 1.29 is 18.6 Å². The molecule has 0 amide bonds. The third kappa shape index (κ3) is 1.99. The molecule has 0 spiro atoms. The highest BCUT2D eigenvalue weighted by atomic mass is 16.5. The lowest BCUT2D eigenvalue weighted by Gasteiger charge is -2.14. The Labute approximate surface area is 105 Å². The van der Waals surface area contributed by atoms with Gasteiger partial charge in [0, 0.05) is 0 Å². The monoisotopic (exact) mass is 249 g/mol. The van der Waals surface area contributed by atoms with E-state index in [-0.39, 0.29) is 0 Å². The zero-order valence-corrected chi connectivity index (χ0v) is 10.8. The summed E-state index contributed by atoms with van der Waals surface area (Å²) in [5.74, 6) is 2.89. The summed E-state index contributed by atoms with van der Waals surface area (Å²) in [7, 11) is 4.70. The van der Waals surface area contributed by atoms with Crippen LogP contribution in [-0.4, -0.2) is 26.3 Å². The standard InChI is InChI=1S/C13H15NO4/c1-8-7-14-13(18-8)9-5-6-10(15-2)12(17-4)11(9)16-3/h5-7H,1-4H3. The van der Waals surface area contributed by atoms with Crippen molar-refractivity contribution in [3.8, 4) is 28.7 Å². The lowest BCUT2D eigenvalue weighted by atomic mass is 10.1. The number of oxazole rings is 1. The fraction of sp³-hybridized carbons (Fsp3) is 0.308. The second-order valence-corrected chi connectivity index (χ2v) is 3.66. The first kappa shape index (κ1) is 12.3. The molecule has 1 aromatic heterocycles. The quantitative estimate of drug-likeness (QED) is 0.833. The molecular formula is C13H15NO4. The van der Waals surface area contributed by atoms with Crippen LogP contribution in [-0.2, 0) is 0 Å². The van der Waals surface area contributed by atoms with E-state index in [9.17, 15) is 0 Å². The molecule has 0 fully saturated rings. The Bertz CT molecular complexity index is 548. The summed E-state index contributed by atoms with van der Waals surface area (Å²) >= 11 is 0. The van der Waals surface area contributed by atoms with Gasteiger partial charge in [0.1, 0.15) is 5.76 Å². The highest BCUT2D eigenvalue weighted by Gasteiger charge is 2.19. The Balaban J connectivity index is 2.61. The summed E-state index contributed by atoms with van der Waals surface area (Å²) in [6.07, 6.45) is 1.66. The Hall–Kier alpha value is -2.17. The summed E-state index contributed by atoms with van der Waals surface area (Å²) in [4.78, 5) is 4.18. The highest BCUT2D eigenvalue weighted by Crippen LogP contribution is 2.43. The number of aryl methyl sites for hydroxylation is 1. The van der Waals surface area contributed by atoms with E-state index in [0.717, 1.165) is 11.3 Å². The molecule has 0 saturated heterocycles. The Morgan fingerprint density at radius 3 is 2.22 bits per heavy atom. The van der Waals surface area contributed by atoms with Gasteiger partial charge in [-0.15, -0.1) is 0 Å². The number of ether oxygens (including phenoxy) is 3. The molecular weight excluding hydrogens is 234 g/mol. The van der Waals surface area contributed by atoms with Crippen molar-refractivity contribution in [2.75, 3.05) is 21.3 Å². The van der Waals surface area contributed by atoms with Crippen LogP contribution in [0, 0.1) is 6.92 Å². The largest absolute Gasteiger partial charge is 0.493 e. The molecule has 0 aliphatic carbocycles. The fourth-order valence-corrected chi connectivity index (χ4v) is 1.75. The van der Waals surface area contributed by atoms with E-state index in [1.54, 1.807) is 33.6 Å². The fourth-order valence-electron chi connectivity index (χ4n) is 1.75. The van der Waals surface area contributed by atoms with Crippen LogP contribution in [0.5, 0.6) is 17.2 Å². The third-order valence-electron chi connectivity index (χ3n) is 2.56. The van der Waals surface area contributed by atoms with Crippen molar-refractivity contribution >= 4 is 0 Å². The molecule has 1 aromatic carbocycles. The number of rotatable bonds is 4. The van der Waals surface area contributed by atoms with E-state index in [1.807, 2.05) is 13.0 Å². The van der Waals surface area contributed by atoms with Crippen LogP contribution in [0.3, 0.4) is 0 Å². The van der Waals surface area contributed by atoms with Gasteiger partial charge in [-0.05, 0) is 19.1 Å². The molecule has 0 radical (unpaired) electrons. The van der Waals surface area contributed by atoms with Crippen LogP contribution < -0.4 is 14.2 Å². The Morgan fingerprint density at radius 1 is 1.00 bits per heavy atom. The molecule has 5 heteroatoms. The molecule has 1 heterocycles. The predicted molar refractivity (Wildman–Crippen MR) is 66.3 cm³/mol. The lowest BCUT2D eigenvalue weighted by Crippen LogP contribution is -1.96. The maximum Gasteiger partial charge on any atom is 0.230 e. The van der Waals surface area contributed by atoms with Crippen molar-refractivity contribution in [3.05, 3.63) is 24.1 Å². The normalized spacial score (nSPS) is 10.2. The van der Waals surface area contributed by atoms with Gasteiger partial charge in [0.15, 0.2) is 11.5 Å². The van der Waals surface area contributed by atoms with Crippen molar-refractivity contribution in [1.29, 1.82) is 0 Å². The molecule has 18 heavy (non-hydrogen) atoms. The van der Waals surface area contributed by atoms with Crippen LogP contribution in [0.1, 0.15) is 5.76 Å². The molecule has 0 unspecified atom stereocenters. The summed E-state index contributed by atoms with van der Waals surface area (Å²) in [5.41, 5.74) is 0.725. The van der Waals surface area contributed by atoms with Gasteiger partial charge in [-0.3, -0.25) is 0 Å². The van der Waals surface area contributed by atoms with E-state index in [1.165, 1.54) is 0 Å².